The van der Waals surface area contributed by atoms with Crippen LogP contribution >= 0.6 is 0 Å². The van der Waals surface area contributed by atoms with Crippen molar-refractivity contribution in [2.75, 3.05) is 32.7 Å². The Bertz CT molecular complexity index is 1310. The molecule has 1 unspecified atom stereocenters. The molecule has 2 aromatic carbocycles. The fourth-order valence-corrected chi connectivity index (χ4v) is 5.99. The van der Waals surface area contributed by atoms with Crippen LogP contribution in [-0.4, -0.2) is 70.3 Å². The van der Waals surface area contributed by atoms with Crippen LogP contribution in [-0.2, 0) is 11.3 Å². The predicted octanol–water partition coefficient (Wildman–Crippen LogP) is 5.00. The number of hydrogen-bond acceptors (Lipinski definition) is 3. The number of aliphatic carboxylic acids is 1. The fraction of sp³-hybridized carbons (Fsp3) is 0.429. The van der Waals surface area contributed by atoms with Crippen molar-refractivity contribution in [2.45, 2.75) is 31.5 Å². The van der Waals surface area contributed by atoms with E-state index in [1.165, 1.54) is 21.6 Å². The van der Waals surface area contributed by atoms with Gasteiger partial charge in [-0.3, -0.25) is 9.59 Å². The van der Waals surface area contributed by atoms with Gasteiger partial charge in [-0.15, -0.1) is 0 Å². The van der Waals surface area contributed by atoms with Crippen molar-refractivity contribution < 1.29 is 32.3 Å². The number of para-hydroxylation sites is 1. The fourth-order valence-electron chi connectivity index (χ4n) is 5.99. The highest BCUT2D eigenvalue weighted by Crippen LogP contribution is 2.39. The van der Waals surface area contributed by atoms with E-state index >= 15 is 0 Å². The van der Waals surface area contributed by atoms with E-state index < -0.39 is 36.4 Å². The first kappa shape index (κ1) is 26.2. The Balaban J connectivity index is 1.30. The molecule has 2 aliphatic rings. The number of aromatic nitrogens is 1. The maximum absolute atomic E-state index is 14.1. The van der Waals surface area contributed by atoms with Crippen molar-refractivity contribution in [3.8, 4) is 0 Å². The molecular formula is C28H29F4N3O3. The monoisotopic (exact) mass is 531 g/mol. The Morgan fingerprint density at radius 3 is 2.34 bits per heavy atom. The first-order valence-corrected chi connectivity index (χ1v) is 12.7. The number of piperidine rings is 1. The molecule has 2 atom stereocenters. The maximum Gasteiger partial charge on any atom is 0.393 e. The lowest BCUT2D eigenvalue weighted by atomic mass is 9.88. The number of halogens is 4. The molecule has 202 valence electrons. The summed E-state index contributed by atoms with van der Waals surface area (Å²) in [6.07, 6.45) is -1.32. The summed E-state index contributed by atoms with van der Waals surface area (Å²) in [6.45, 7) is 0.726. The zero-order valence-corrected chi connectivity index (χ0v) is 20.7. The average molecular weight is 532 g/mol. The van der Waals surface area contributed by atoms with Gasteiger partial charge < -0.3 is 19.5 Å². The van der Waals surface area contributed by atoms with Gasteiger partial charge in [0.2, 0.25) is 0 Å². The summed E-state index contributed by atoms with van der Waals surface area (Å²) >= 11 is 0. The van der Waals surface area contributed by atoms with Gasteiger partial charge >= 0.3 is 12.1 Å². The van der Waals surface area contributed by atoms with Crippen molar-refractivity contribution in [3.63, 3.8) is 0 Å². The van der Waals surface area contributed by atoms with Crippen molar-refractivity contribution in [1.82, 2.24) is 14.4 Å². The van der Waals surface area contributed by atoms with E-state index in [0.717, 1.165) is 18.4 Å². The molecule has 0 aliphatic carbocycles. The van der Waals surface area contributed by atoms with Crippen molar-refractivity contribution in [1.29, 1.82) is 0 Å². The predicted molar refractivity (Wildman–Crippen MR) is 133 cm³/mol. The number of carbonyl (C=O) groups is 2. The molecule has 3 aromatic rings. The van der Waals surface area contributed by atoms with Crippen LogP contribution < -0.4 is 0 Å². The highest BCUT2D eigenvalue weighted by molar-refractivity contribution is 6.06. The van der Waals surface area contributed by atoms with E-state index in [9.17, 15) is 32.3 Å². The second kappa shape index (κ2) is 10.4. The van der Waals surface area contributed by atoms with Gasteiger partial charge in [-0.25, -0.2) is 4.39 Å². The maximum atomic E-state index is 14.1. The zero-order valence-electron chi connectivity index (χ0n) is 20.7. The zero-order chi connectivity index (χ0) is 27.0. The number of rotatable bonds is 6. The van der Waals surface area contributed by atoms with Gasteiger partial charge in [0, 0.05) is 37.1 Å². The second-order valence-corrected chi connectivity index (χ2v) is 10.3. The number of fused-ring (bicyclic) bond motifs is 1. The smallest absolute Gasteiger partial charge is 0.393 e. The number of carboxylic acids is 1. The number of hydrogen-bond donors (Lipinski definition) is 1. The number of alkyl halides is 3. The molecule has 38 heavy (non-hydrogen) atoms. The summed E-state index contributed by atoms with van der Waals surface area (Å²) in [6, 6.07) is 13.0. The Morgan fingerprint density at radius 2 is 1.68 bits per heavy atom. The summed E-state index contributed by atoms with van der Waals surface area (Å²) in [5.41, 5.74) is 1.66. The highest BCUT2D eigenvalue weighted by atomic mass is 19.4. The van der Waals surface area contributed by atoms with Crippen LogP contribution in [0.15, 0.2) is 54.7 Å². The third-order valence-corrected chi connectivity index (χ3v) is 7.89. The molecule has 0 saturated carbocycles. The lowest BCUT2D eigenvalue weighted by Crippen LogP contribution is -2.41. The molecule has 1 aromatic heterocycles. The van der Waals surface area contributed by atoms with E-state index in [0.29, 0.717) is 24.0 Å². The molecule has 0 bridgehead atoms. The average Bonchev–Trinajstić information content (AvgIpc) is 3.49. The van der Waals surface area contributed by atoms with Gasteiger partial charge in [0.25, 0.3) is 5.91 Å². The molecule has 1 amide bonds. The number of carbonyl (C=O) groups excluding carboxylic acids is 1. The standard InChI is InChI=1S/C28H29F4N3O3/c29-22-6-4-18(5-7-22)19-8-11-33(12-9-19)14-21-15-35(16-24(21)28(30,31)32)27(38)23-3-1-2-20-10-13-34(26(20)23)17-25(36)37/h1-7,10,13,19,21,24H,8-9,11-12,14-17H2,(H,36,37)/t21?,24-/m1/s1. The molecule has 3 heterocycles. The first-order valence-electron chi connectivity index (χ1n) is 12.7. The Labute approximate surface area is 217 Å². The van der Waals surface area contributed by atoms with Gasteiger partial charge in [0.15, 0.2) is 0 Å². The molecule has 2 aliphatic heterocycles. The summed E-state index contributed by atoms with van der Waals surface area (Å²) in [5.74, 6) is -4.04. The minimum absolute atomic E-state index is 0.0169. The summed E-state index contributed by atoms with van der Waals surface area (Å²) < 4.78 is 56.9. The Kier molecular flexibility index (Phi) is 7.17. The normalized spacial score (nSPS) is 21.3. The third kappa shape index (κ3) is 5.41. The topological polar surface area (TPSA) is 65.8 Å². The van der Waals surface area contributed by atoms with Crippen LogP contribution in [0.5, 0.6) is 0 Å². The van der Waals surface area contributed by atoms with E-state index in [1.54, 1.807) is 42.6 Å². The van der Waals surface area contributed by atoms with Crippen molar-refractivity contribution in [2.24, 2.45) is 11.8 Å². The summed E-state index contributed by atoms with van der Waals surface area (Å²) in [4.78, 5) is 28.1. The van der Waals surface area contributed by atoms with Crippen LogP contribution in [0.25, 0.3) is 10.9 Å². The van der Waals surface area contributed by atoms with Crippen molar-refractivity contribution >= 4 is 22.8 Å². The van der Waals surface area contributed by atoms with Gasteiger partial charge in [0.1, 0.15) is 12.4 Å². The molecule has 2 saturated heterocycles. The summed E-state index contributed by atoms with van der Waals surface area (Å²) in [7, 11) is 0. The highest BCUT2D eigenvalue weighted by Gasteiger charge is 2.51. The summed E-state index contributed by atoms with van der Waals surface area (Å²) in [5, 5.41) is 9.89. The van der Waals surface area contributed by atoms with Gasteiger partial charge in [-0.05, 0) is 61.7 Å². The molecule has 2 fully saturated rings. The van der Waals surface area contributed by atoms with E-state index in [1.807, 2.05) is 4.90 Å². The number of likely N-dealkylation sites (tertiary alicyclic amines) is 2. The molecular weight excluding hydrogens is 502 g/mol. The quantitative estimate of drug-likeness (QED) is 0.455. The van der Waals surface area contributed by atoms with Crippen LogP contribution in [0.4, 0.5) is 17.6 Å². The molecule has 5 rings (SSSR count). The minimum Gasteiger partial charge on any atom is -0.480 e. The van der Waals surface area contributed by atoms with Gasteiger partial charge in [0.05, 0.1) is 17.0 Å². The van der Waals surface area contributed by atoms with Gasteiger partial charge in [-0.2, -0.15) is 13.2 Å². The molecule has 1 N–H and O–H groups in total. The molecule has 10 heteroatoms. The SMILES string of the molecule is O=C(O)Cn1ccc2cccc(C(=O)N3CC(CN4CCC(c5ccc(F)cc5)CC4)[C@H](C(F)(F)F)C3)c21. The minimum atomic E-state index is -4.44. The Morgan fingerprint density at radius 1 is 0.974 bits per heavy atom. The third-order valence-electron chi connectivity index (χ3n) is 7.89. The lowest BCUT2D eigenvalue weighted by Gasteiger charge is -2.35. The number of carboxylic acid groups (broad SMARTS) is 1. The molecule has 0 spiro atoms. The number of amides is 1. The van der Waals surface area contributed by atoms with Crippen LogP contribution in [0.1, 0.15) is 34.7 Å². The van der Waals surface area contributed by atoms with Crippen LogP contribution in [0.3, 0.4) is 0 Å². The lowest BCUT2D eigenvalue weighted by molar-refractivity contribution is -0.181. The van der Waals surface area contributed by atoms with Gasteiger partial charge in [-0.1, -0.05) is 24.3 Å². The van der Waals surface area contributed by atoms with E-state index in [-0.39, 0.29) is 36.9 Å². The number of nitrogens with zero attached hydrogens (tertiary/aromatic N) is 3. The second-order valence-electron chi connectivity index (χ2n) is 10.3. The Hall–Kier alpha value is -3.40. The molecule has 6 nitrogen and oxygen atoms in total. The van der Waals surface area contributed by atoms with Crippen molar-refractivity contribution in [3.05, 3.63) is 71.7 Å². The largest absolute Gasteiger partial charge is 0.480 e. The van der Waals surface area contributed by atoms with Crippen LogP contribution in [0, 0.1) is 17.7 Å². The molecule has 0 radical (unpaired) electrons. The number of benzene rings is 2. The van der Waals surface area contributed by atoms with E-state index in [2.05, 4.69) is 0 Å². The van der Waals surface area contributed by atoms with E-state index in [4.69, 9.17) is 0 Å². The first-order chi connectivity index (χ1) is 18.1. The van der Waals surface area contributed by atoms with Crippen LogP contribution in [0.2, 0.25) is 0 Å².